The van der Waals surface area contributed by atoms with E-state index in [9.17, 15) is 9.59 Å². The number of rotatable bonds is 6. The van der Waals surface area contributed by atoms with Gasteiger partial charge in [-0.3, -0.25) is 9.59 Å². The molecule has 132 valence electrons. The fourth-order valence-corrected chi connectivity index (χ4v) is 2.66. The van der Waals surface area contributed by atoms with Gasteiger partial charge >= 0.3 is 0 Å². The molecule has 5 heteroatoms. The summed E-state index contributed by atoms with van der Waals surface area (Å²) in [5.41, 5.74) is 2.80. The summed E-state index contributed by atoms with van der Waals surface area (Å²) in [6, 6.07) is 12.2. The van der Waals surface area contributed by atoms with Gasteiger partial charge in [-0.1, -0.05) is 31.5 Å². The van der Waals surface area contributed by atoms with Gasteiger partial charge in [0.05, 0.1) is 0 Å². The highest BCUT2D eigenvalue weighted by Gasteiger charge is 2.14. The molecule has 0 aliphatic rings. The molecule has 2 N–H and O–H groups in total. The third kappa shape index (κ3) is 5.07. The highest BCUT2D eigenvalue weighted by Crippen LogP contribution is 2.21. The molecule has 25 heavy (non-hydrogen) atoms. The van der Waals surface area contributed by atoms with Crippen LogP contribution in [0.15, 0.2) is 42.5 Å². The molecule has 0 fully saturated rings. The molecule has 0 aliphatic carbocycles. The molecule has 2 aromatic rings. The number of carbonyl (C=O) groups is 2. The lowest BCUT2D eigenvalue weighted by molar-refractivity contribution is -0.120. The average Bonchev–Trinajstić information content (AvgIpc) is 2.60. The van der Waals surface area contributed by atoms with Crippen LogP contribution < -0.4 is 10.6 Å². The minimum Gasteiger partial charge on any atom is -0.326 e. The van der Waals surface area contributed by atoms with Crippen LogP contribution in [-0.2, 0) is 4.79 Å². The van der Waals surface area contributed by atoms with Crippen molar-refractivity contribution < 1.29 is 9.59 Å². The molecule has 0 aliphatic heterocycles. The Morgan fingerprint density at radius 3 is 2.12 bits per heavy atom. The third-order valence-corrected chi connectivity index (χ3v) is 4.61. The molecular formula is C20H23ClN2O2. The van der Waals surface area contributed by atoms with Crippen LogP contribution >= 0.6 is 11.6 Å². The molecule has 0 heterocycles. The maximum absolute atomic E-state index is 12.3. The topological polar surface area (TPSA) is 58.2 Å². The molecule has 0 spiro atoms. The van der Waals surface area contributed by atoms with Crippen LogP contribution in [0.2, 0.25) is 5.02 Å². The lowest BCUT2D eigenvalue weighted by atomic mass is 10.0. The molecule has 0 aromatic heterocycles. The van der Waals surface area contributed by atoms with E-state index in [1.54, 1.807) is 30.3 Å². The Morgan fingerprint density at radius 2 is 1.56 bits per heavy atom. The molecule has 0 radical (unpaired) electrons. The fraction of sp³-hybridized carbons (Fsp3) is 0.300. The van der Waals surface area contributed by atoms with Crippen molar-refractivity contribution in [3.05, 3.63) is 58.6 Å². The number of benzene rings is 2. The quantitative estimate of drug-likeness (QED) is 0.738. The Morgan fingerprint density at radius 1 is 0.960 bits per heavy atom. The molecule has 2 rings (SSSR count). The minimum absolute atomic E-state index is 0.00857. The van der Waals surface area contributed by atoms with Gasteiger partial charge in [-0.2, -0.15) is 0 Å². The molecule has 0 unspecified atom stereocenters. The maximum Gasteiger partial charge on any atom is 0.255 e. The van der Waals surface area contributed by atoms with Crippen LogP contribution in [0.3, 0.4) is 0 Å². The van der Waals surface area contributed by atoms with Crippen LogP contribution in [0, 0.1) is 12.8 Å². The molecule has 0 bridgehead atoms. The largest absolute Gasteiger partial charge is 0.326 e. The van der Waals surface area contributed by atoms with Crippen molar-refractivity contribution in [1.82, 2.24) is 0 Å². The maximum atomic E-state index is 12.3. The Hall–Kier alpha value is -2.33. The number of halogens is 1. The fourth-order valence-electron chi connectivity index (χ4n) is 2.48. The standard InChI is InChI=1S/C20H23ClN2O2/c1-4-14(5-2)19(24)22-16-10-7-15(8-11-16)20(25)23-17-9-6-13(3)18(21)12-17/h6-12,14H,4-5H2,1-3H3,(H,22,24)(H,23,25). The zero-order valence-corrected chi connectivity index (χ0v) is 15.5. The number of aryl methyl sites for hydroxylation is 1. The second-order valence-corrected chi connectivity index (χ2v) is 6.41. The van der Waals surface area contributed by atoms with Crippen LogP contribution in [0.4, 0.5) is 11.4 Å². The molecule has 4 nitrogen and oxygen atoms in total. The van der Waals surface area contributed by atoms with E-state index in [2.05, 4.69) is 10.6 Å². The van der Waals surface area contributed by atoms with Gasteiger partial charge in [-0.25, -0.2) is 0 Å². The molecule has 2 amide bonds. The second kappa shape index (κ2) is 8.67. The minimum atomic E-state index is -0.224. The summed E-state index contributed by atoms with van der Waals surface area (Å²) in [6.07, 6.45) is 1.61. The van der Waals surface area contributed by atoms with Crippen molar-refractivity contribution >= 4 is 34.8 Å². The van der Waals surface area contributed by atoms with Crippen LogP contribution in [0.25, 0.3) is 0 Å². The van der Waals surface area contributed by atoms with Gasteiger partial charge < -0.3 is 10.6 Å². The van der Waals surface area contributed by atoms with Gasteiger partial charge in [0, 0.05) is 27.9 Å². The summed E-state index contributed by atoms with van der Waals surface area (Å²) < 4.78 is 0. The van der Waals surface area contributed by atoms with Gasteiger partial charge in [0.25, 0.3) is 5.91 Å². The molecular weight excluding hydrogens is 336 g/mol. The van der Waals surface area contributed by atoms with E-state index in [4.69, 9.17) is 11.6 Å². The Kier molecular flexibility index (Phi) is 6.59. The second-order valence-electron chi connectivity index (χ2n) is 6.00. The summed E-state index contributed by atoms with van der Waals surface area (Å²) in [5, 5.41) is 6.31. The van der Waals surface area contributed by atoms with Gasteiger partial charge in [0.15, 0.2) is 0 Å². The summed E-state index contributed by atoms with van der Waals surface area (Å²) in [6.45, 7) is 5.90. The average molecular weight is 359 g/mol. The zero-order chi connectivity index (χ0) is 18.4. The summed E-state index contributed by atoms with van der Waals surface area (Å²) in [4.78, 5) is 24.4. The number of hydrogen-bond acceptors (Lipinski definition) is 2. The number of amides is 2. The van der Waals surface area contributed by atoms with Crippen LogP contribution in [0.5, 0.6) is 0 Å². The number of anilines is 2. The molecule has 0 atom stereocenters. The SMILES string of the molecule is CCC(CC)C(=O)Nc1ccc(C(=O)Nc2ccc(C)c(Cl)c2)cc1. The summed E-state index contributed by atoms with van der Waals surface area (Å²) in [7, 11) is 0. The van der Waals surface area contributed by atoms with Gasteiger partial charge in [0.1, 0.15) is 0 Å². The van der Waals surface area contributed by atoms with Crippen molar-refractivity contribution in [2.24, 2.45) is 5.92 Å². The first-order chi connectivity index (χ1) is 11.9. The monoisotopic (exact) mass is 358 g/mol. The first-order valence-electron chi connectivity index (χ1n) is 8.43. The van der Waals surface area contributed by atoms with Gasteiger partial charge in [-0.15, -0.1) is 0 Å². The van der Waals surface area contributed by atoms with Crippen LogP contribution in [-0.4, -0.2) is 11.8 Å². The van der Waals surface area contributed by atoms with E-state index in [-0.39, 0.29) is 17.7 Å². The van der Waals surface area contributed by atoms with E-state index in [1.165, 1.54) is 0 Å². The Balaban J connectivity index is 2.02. The van der Waals surface area contributed by atoms with Gasteiger partial charge in [-0.05, 0) is 61.7 Å². The number of carbonyl (C=O) groups excluding carboxylic acids is 2. The lowest BCUT2D eigenvalue weighted by Gasteiger charge is -2.13. The Labute approximate surface area is 153 Å². The van der Waals surface area contributed by atoms with Crippen molar-refractivity contribution in [1.29, 1.82) is 0 Å². The van der Waals surface area contributed by atoms with Gasteiger partial charge in [0.2, 0.25) is 5.91 Å². The summed E-state index contributed by atoms with van der Waals surface area (Å²) in [5.74, 6) is -0.205. The molecule has 0 saturated carbocycles. The normalized spacial score (nSPS) is 10.6. The highest BCUT2D eigenvalue weighted by atomic mass is 35.5. The number of hydrogen-bond donors (Lipinski definition) is 2. The first kappa shape index (κ1) is 19.0. The van der Waals surface area contributed by atoms with E-state index in [0.717, 1.165) is 18.4 Å². The first-order valence-corrected chi connectivity index (χ1v) is 8.80. The van der Waals surface area contributed by atoms with E-state index >= 15 is 0 Å². The van der Waals surface area contributed by atoms with Crippen molar-refractivity contribution in [3.8, 4) is 0 Å². The zero-order valence-electron chi connectivity index (χ0n) is 14.7. The molecule has 0 saturated heterocycles. The predicted octanol–water partition coefficient (Wildman–Crippen LogP) is 5.28. The van der Waals surface area contributed by atoms with Crippen LogP contribution in [0.1, 0.15) is 42.6 Å². The Bertz CT molecular complexity index is 753. The van der Waals surface area contributed by atoms with E-state index < -0.39 is 0 Å². The smallest absolute Gasteiger partial charge is 0.255 e. The van der Waals surface area contributed by atoms with E-state index in [0.29, 0.717) is 22.0 Å². The van der Waals surface area contributed by atoms with Crippen molar-refractivity contribution in [2.45, 2.75) is 33.6 Å². The highest BCUT2D eigenvalue weighted by molar-refractivity contribution is 6.31. The third-order valence-electron chi connectivity index (χ3n) is 4.20. The molecule has 2 aromatic carbocycles. The van der Waals surface area contributed by atoms with Crippen molar-refractivity contribution in [3.63, 3.8) is 0 Å². The van der Waals surface area contributed by atoms with Crippen molar-refractivity contribution in [2.75, 3.05) is 10.6 Å². The lowest BCUT2D eigenvalue weighted by Crippen LogP contribution is -2.21. The van der Waals surface area contributed by atoms with E-state index in [1.807, 2.05) is 32.9 Å². The summed E-state index contributed by atoms with van der Waals surface area (Å²) >= 11 is 6.07. The predicted molar refractivity (Wildman–Crippen MR) is 103 cm³/mol. The number of nitrogens with one attached hydrogen (secondary N) is 2.